The molecular formula is C28H27N7O. The van der Waals surface area contributed by atoms with Crippen molar-refractivity contribution >= 4 is 28.2 Å². The van der Waals surface area contributed by atoms with Gasteiger partial charge in [-0.15, -0.1) is 0 Å². The van der Waals surface area contributed by atoms with Gasteiger partial charge in [0, 0.05) is 50.0 Å². The number of nitrogens with one attached hydrogen (secondary N) is 1. The molecule has 2 aromatic heterocycles. The Balaban J connectivity index is 1.37. The standard InChI is InChI=1S/C28H27N7O/c1-2-25-24(18-32-35(25)22-5-3-19(17-29)4-6-22)28(36)34-12-8-21-15-20-7-9-31-27(23(20)16-26(21)34)33-13-10-30-11-14-33/h3-7,9,15-16,18,30H,2,8,10-14H2,1H3. The zero-order valence-electron chi connectivity index (χ0n) is 20.2. The van der Waals surface area contributed by atoms with Crippen molar-refractivity contribution in [3.63, 3.8) is 0 Å². The summed E-state index contributed by atoms with van der Waals surface area (Å²) in [5.41, 5.74) is 5.06. The monoisotopic (exact) mass is 477 g/mol. The quantitative estimate of drug-likeness (QED) is 0.484. The maximum absolute atomic E-state index is 13.9. The third-order valence-corrected chi connectivity index (χ3v) is 7.17. The molecule has 8 nitrogen and oxygen atoms in total. The smallest absolute Gasteiger partial charge is 0.261 e. The molecule has 0 aliphatic carbocycles. The van der Waals surface area contributed by atoms with Crippen LogP contribution in [0.5, 0.6) is 0 Å². The molecule has 0 radical (unpaired) electrons. The summed E-state index contributed by atoms with van der Waals surface area (Å²) in [6.07, 6.45) is 5.05. The molecule has 36 heavy (non-hydrogen) atoms. The molecule has 8 heteroatoms. The number of aromatic nitrogens is 3. The first-order valence-electron chi connectivity index (χ1n) is 12.4. The van der Waals surface area contributed by atoms with Gasteiger partial charge < -0.3 is 15.1 Å². The lowest BCUT2D eigenvalue weighted by molar-refractivity contribution is 0.0988. The highest BCUT2D eigenvalue weighted by molar-refractivity contribution is 6.09. The number of nitrogens with zero attached hydrogens (tertiary/aromatic N) is 6. The van der Waals surface area contributed by atoms with Crippen LogP contribution in [0.3, 0.4) is 0 Å². The molecule has 2 aromatic carbocycles. The Morgan fingerprint density at radius 2 is 1.92 bits per heavy atom. The van der Waals surface area contributed by atoms with Crippen molar-refractivity contribution in [2.75, 3.05) is 42.5 Å². The molecule has 1 N–H and O–H groups in total. The topological polar surface area (TPSA) is 90.1 Å². The molecule has 4 aromatic rings. The summed E-state index contributed by atoms with van der Waals surface area (Å²) < 4.78 is 1.80. The molecule has 0 atom stereocenters. The molecule has 2 aliphatic rings. The van der Waals surface area contributed by atoms with E-state index in [-0.39, 0.29) is 5.91 Å². The zero-order chi connectivity index (χ0) is 24.6. The Morgan fingerprint density at radius 1 is 1.11 bits per heavy atom. The van der Waals surface area contributed by atoms with Crippen LogP contribution in [-0.4, -0.2) is 53.4 Å². The molecule has 6 rings (SSSR count). The number of pyridine rings is 1. The number of hydrogen-bond donors (Lipinski definition) is 1. The predicted octanol–water partition coefficient (Wildman–Crippen LogP) is 3.47. The fourth-order valence-corrected chi connectivity index (χ4v) is 5.32. The van der Waals surface area contributed by atoms with E-state index >= 15 is 0 Å². The summed E-state index contributed by atoms with van der Waals surface area (Å²) in [4.78, 5) is 22.8. The fraction of sp³-hybridized carbons (Fsp3) is 0.286. The Bertz CT molecular complexity index is 1490. The van der Waals surface area contributed by atoms with Gasteiger partial charge in [-0.3, -0.25) is 4.79 Å². The molecule has 1 fully saturated rings. The van der Waals surface area contributed by atoms with E-state index in [9.17, 15) is 4.79 Å². The van der Waals surface area contributed by atoms with Gasteiger partial charge in [-0.05, 0) is 66.3 Å². The lowest BCUT2D eigenvalue weighted by Crippen LogP contribution is -2.44. The SMILES string of the molecule is CCc1c(C(=O)N2CCc3cc4ccnc(N5CCNCC5)c4cc32)cnn1-c1ccc(C#N)cc1. The molecule has 0 spiro atoms. The normalized spacial score (nSPS) is 15.2. The number of hydrogen-bond acceptors (Lipinski definition) is 6. The number of carbonyl (C=O) groups excluding carboxylic acids is 1. The van der Waals surface area contributed by atoms with Crippen LogP contribution in [0, 0.1) is 11.3 Å². The first-order valence-corrected chi connectivity index (χ1v) is 12.4. The van der Waals surface area contributed by atoms with Crippen LogP contribution in [0.25, 0.3) is 16.5 Å². The van der Waals surface area contributed by atoms with Crippen LogP contribution >= 0.6 is 0 Å². The number of benzene rings is 2. The Labute approximate surface area is 209 Å². The molecule has 1 amide bonds. The van der Waals surface area contributed by atoms with Gasteiger partial charge in [0.05, 0.1) is 34.8 Å². The minimum Gasteiger partial charge on any atom is -0.354 e. The van der Waals surface area contributed by atoms with Crippen molar-refractivity contribution in [3.8, 4) is 11.8 Å². The highest BCUT2D eigenvalue weighted by atomic mass is 16.2. The highest BCUT2D eigenvalue weighted by Crippen LogP contribution is 2.37. The third-order valence-electron chi connectivity index (χ3n) is 7.17. The second-order valence-electron chi connectivity index (χ2n) is 9.21. The summed E-state index contributed by atoms with van der Waals surface area (Å²) in [5, 5.41) is 19.3. The summed E-state index contributed by atoms with van der Waals surface area (Å²) in [7, 11) is 0. The van der Waals surface area contributed by atoms with E-state index in [1.165, 1.54) is 5.56 Å². The van der Waals surface area contributed by atoms with Gasteiger partial charge in [0.25, 0.3) is 5.91 Å². The maximum atomic E-state index is 13.9. The lowest BCUT2D eigenvalue weighted by Gasteiger charge is -2.29. The fourth-order valence-electron chi connectivity index (χ4n) is 5.32. The number of amides is 1. The number of nitriles is 1. The maximum Gasteiger partial charge on any atom is 0.261 e. The Hall–Kier alpha value is -4.22. The van der Waals surface area contributed by atoms with E-state index < -0.39 is 0 Å². The summed E-state index contributed by atoms with van der Waals surface area (Å²) in [6, 6.07) is 15.8. The van der Waals surface area contributed by atoms with Crippen LogP contribution in [0.2, 0.25) is 0 Å². The van der Waals surface area contributed by atoms with Gasteiger partial charge >= 0.3 is 0 Å². The van der Waals surface area contributed by atoms with Gasteiger partial charge in [-0.25, -0.2) is 9.67 Å². The van der Waals surface area contributed by atoms with Gasteiger partial charge in [0.15, 0.2) is 0 Å². The molecule has 1 saturated heterocycles. The molecule has 2 aliphatic heterocycles. The van der Waals surface area contributed by atoms with Crippen LogP contribution in [0.15, 0.2) is 54.9 Å². The molecule has 180 valence electrons. The Morgan fingerprint density at radius 3 is 2.67 bits per heavy atom. The van der Waals surface area contributed by atoms with Gasteiger partial charge in [0.2, 0.25) is 0 Å². The minimum atomic E-state index is -0.0301. The first-order chi connectivity index (χ1) is 17.7. The second-order valence-corrected chi connectivity index (χ2v) is 9.21. The van der Waals surface area contributed by atoms with Crippen molar-refractivity contribution in [2.45, 2.75) is 19.8 Å². The van der Waals surface area contributed by atoms with Crippen LogP contribution in [-0.2, 0) is 12.8 Å². The van der Waals surface area contributed by atoms with Crippen LogP contribution < -0.4 is 15.1 Å². The van der Waals surface area contributed by atoms with Gasteiger partial charge in [-0.2, -0.15) is 10.4 Å². The third kappa shape index (κ3) is 3.69. The first kappa shape index (κ1) is 22.3. The van der Waals surface area contributed by atoms with Gasteiger partial charge in [0.1, 0.15) is 5.82 Å². The van der Waals surface area contributed by atoms with Crippen molar-refractivity contribution in [1.29, 1.82) is 5.26 Å². The van der Waals surface area contributed by atoms with Crippen molar-refractivity contribution in [2.24, 2.45) is 0 Å². The molecule has 0 unspecified atom stereocenters. The number of carbonyl (C=O) groups is 1. The molecular weight excluding hydrogens is 450 g/mol. The van der Waals surface area contributed by atoms with Crippen LogP contribution in [0.4, 0.5) is 11.5 Å². The van der Waals surface area contributed by atoms with E-state index in [2.05, 4.69) is 39.6 Å². The van der Waals surface area contributed by atoms with Crippen molar-refractivity contribution < 1.29 is 4.79 Å². The molecule has 0 saturated carbocycles. The average Bonchev–Trinajstić information content (AvgIpc) is 3.55. The highest BCUT2D eigenvalue weighted by Gasteiger charge is 2.30. The largest absolute Gasteiger partial charge is 0.354 e. The predicted molar refractivity (Wildman–Crippen MR) is 140 cm³/mol. The average molecular weight is 478 g/mol. The molecule has 0 bridgehead atoms. The number of piperazine rings is 1. The van der Waals surface area contributed by atoms with Gasteiger partial charge in [-0.1, -0.05) is 6.92 Å². The molecule has 4 heterocycles. The lowest BCUT2D eigenvalue weighted by atomic mass is 10.0. The van der Waals surface area contributed by atoms with E-state index in [0.29, 0.717) is 24.1 Å². The van der Waals surface area contributed by atoms with E-state index in [4.69, 9.17) is 10.2 Å². The van der Waals surface area contributed by atoms with Crippen molar-refractivity contribution in [3.05, 3.63) is 77.2 Å². The number of fused-ring (bicyclic) bond motifs is 2. The number of anilines is 2. The number of rotatable bonds is 4. The second kappa shape index (κ2) is 9.10. The van der Waals surface area contributed by atoms with Crippen LogP contribution in [0.1, 0.15) is 34.1 Å². The van der Waals surface area contributed by atoms with E-state index in [0.717, 1.165) is 66.3 Å². The summed E-state index contributed by atoms with van der Waals surface area (Å²) >= 11 is 0. The van der Waals surface area contributed by atoms with E-state index in [1.807, 2.05) is 30.2 Å². The minimum absolute atomic E-state index is 0.0301. The Kier molecular flexibility index (Phi) is 5.62. The summed E-state index contributed by atoms with van der Waals surface area (Å²) in [6.45, 7) is 6.39. The van der Waals surface area contributed by atoms with E-state index in [1.54, 1.807) is 23.0 Å². The van der Waals surface area contributed by atoms with Crippen molar-refractivity contribution in [1.82, 2.24) is 20.1 Å². The zero-order valence-corrected chi connectivity index (χ0v) is 20.2. The summed E-state index contributed by atoms with van der Waals surface area (Å²) in [5.74, 6) is 0.955.